The first-order valence-electron chi connectivity index (χ1n) is 11.0. The lowest BCUT2D eigenvalue weighted by molar-refractivity contribution is -0.153. The molecule has 1 atom stereocenters. The number of hydrogen-bond donors (Lipinski definition) is 1. The summed E-state index contributed by atoms with van der Waals surface area (Å²) in [4.78, 5) is 16.0. The molecule has 0 spiro atoms. The van der Waals surface area contributed by atoms with Gasteiger partial charge in [0, 0.05) is 38.2 Å². The van der Waals surface area contributed by atoms with Gasteiger partial charge in [0.05, 0.1) is 0 Å². The van der Waals surface area contributed by atoms with Crippen molar-refractivity contribution in [3.8, 4) is 0 Å². The van der Waals surface area contributed by atoms with Crippen molar-refractivity contribution in [2.24, 2.45) is 5.92 Å². The molecule has 154 valence electrons. The van der Waals surface area contributed by atoms with Crippen molar-refractivity contribution in [1.29, 1.82) is 0 Å². The van der Waals surface area contributed by atoms with Crippen molar-refractivity contribution < 1.29 is 9.53 Å². The summed E-state index contributed by atoms with van der Waals surface area (Å²) in [5, 5.41) is 3.36. The third-order valence-corrected chi connectivity index (χ3v) is 6.24. The number of amides is 1. The monoisotopic (exact) mass is 392 g/mol. The molecule has 1 aliphatic carbocycles. The number of carbonyl (C=O) groups is 1. The molecule has 1 N–H and O–H groups in total. The lowest BCUT2D eigenvalue weighted by atomic mass is 9.86. The number of hydrogen-bond acceptors (Lipinski definition) is 3. The fraction of sp³-hybridized carbons (Fsp3) is 0.480. The van der Waals surface area contributed by atoms with Crippen molar-refractivity contribution in [2.45, 2.75) is 50.8 Å². The fourth-order valence-electron chi connectivity index (χ4n) is 4.59. The summed E-state index contributed by atoms with van der Waals surface area (Å²) in [6.45, 7) is 5.52. The molecule has 1 unspecified atom stereocenters. The molecule has 4 heteroatoms. The normalized spacial score (nSPS) is 20.2. The third-order valence-electron chi connectivity index (χ3n) is 6.24. The van der Waals surface area contributed by atoms with Crippen LogP contribution < -0.4 is 5.32 Å². The van der Waals surface area contributed by atoms with E-state index in [2.05, 4.69) is 40.5 Å². The molecule has 1 amide bonds. The van der Waals surface area contributed by atoms with E-state index in [1.807, 2.05) is 37.3 Å². The molecule has 4 rings (SSSR count). The van der Waals surface area contributed by atoms with Crippen molar-refractivity contribution in [3.05, 3.63) is 71.8 Å². The highest BCUT2D eigenvalue weighted by molar-refractivity contribution is 5.87. The number of nitrogens with one attached hydrogen (secondary N) is 1. The number of nitrogens with zero attached hydrogens (tertiary/aromatic N) is 1. The molecule has 1 aliphatic heterocycles. The van der Waals surface area contributed by atoms with E-state index in [1.165, 1.54) is 5.56 Å². The fourth-order valence-corrected chi connectivity index (χ4v) is 4.59. The second-order valence-electron chi connectivity index (χ2n) is 8.32. The number of piperidine rings is 1. The zero-order chi connectivity index (χ0) is 20.1. The van der Waals surface area contributed by atoms with Crippen molar-refractivity contribution in [1.82, 2.24) is 10.2 Å². The first kappa shape index (κ1) is 20.1. The molecule has 1 saturated heterocycles. The average molecular weight is 393 g/mol. The van der Waals surface area contributed by atoms with Crippen LogP contribution in [-0.2, 0) is 21.7 Å². The highest BCUT2D eigenvalue weighted by Gasteiger charge is 2.53. The van der Waals surface area contributed by atoms with Gasteiger partial charge in [0.1, 0.15) is 0 Å². The van der Waals surface area contributed by atoms with Crippen LogP contribution in [0.15, 0.2) is 60.7 Å². The van der Waals surface area contributed by atoms with Crippen LogP contribution in [0.4, 0.5) is 0 Å². The summed E-state index contributed by atoms with van der Waals surface area (Å²) < 4.78 is 6.22. The Bertz CT molecular complexity index is 783. The molecule has 2 fully saturated rings. The molecular formula is C25H32N2O2. The van der Waals surface area contributed by atoms with Gasteiger partial charge in [-0.15, -0.1) is 0 Å². The van der Waals surface area contributed by atoms with Crippen LogP contribution in [0.1, 0.15) is 43.7 Å². The summed E-state index contributed by atoms with van der Waals surface area (Å²) in [6, 6.07) is 20.9. The van der Waals surface area contributed by atoms with Crippen molar-refractivity contribution >= 4 is 5.91 Å². The quantitative estimate of drug-likeness (QED) is 0.735. The van der Waals surface area contributed by atoms with Gasteiger partial charge in [0.2, 0.25) is 0 Å². The maximum absolute atomic E-state index is 13.5. The maximum atomic E-state index is 13.5. The van der Waals surface area contributed by atoms with E-state index < -0.39 is 5.60 Å². The van der Waals surface area contributed by atoms with Gasteiger partial charge in [-0.2, -0.15) is 0 Å². The second kappa shape index (κ2) is 9.10. The lowest BCUT2D eigenvalue weighted by Gasteiger charge is -2.37. The molecule has 0 radical (unpaired) electrons. The minimum atomic E-state index is -0.836. The lowest BCUT2D eigenvalue weighted by Crippen LogP contribution is -2.53. The van der Waals surface area contributed by atoms with Crippen LogP contribution in [0.5, 0.6) is 0 Å². The minimum absolute atomic E-state index is 0.0505. The van der Waals surface area contributed by atoms with Gasteiger partial charge in [-0.05, 0) is 43.7 Å². The van der Waals surface area contributed by atoms with Gasteiger partial charge in [0.25, 0.3) is 5.91 Å². The second-order valence-corrected chi connectivity index (χ2v) is 8.32. The summed E-state index contributed by atoms with van der Waals surface area (Å²) in [5.41, 5.74) is 1.50. The molecule has 4 nitrogen and oxygen atoms in total. The van der Waals surface area contributed by atoms with Crippen LogP contribution >= 0.6 is 0 Å². The molecule has 2 aliphatic rings. The SMILES string of the molecule is CCOC(C(=O)NC1CCN(Cc2ccccc2)CC1)(c1ccccc1)C1CC1. The van der Waals surface area contributed by atoms with E-state index in [0.717, 1.165) is 50.9 Å². The average Bonchev–Trinajstić information content (AvgIpc) is 3.60. The van der Waals surface area contributed by atoms with E-state index in [0.29, 0.717) is 6.61 Å². The molecule has 0 bridgehead atoms. The van der Waals surface area contributed by atoms with Gasteiger partial charge in [-0.25, -0.2) is 0 Å². The predicted molar refractivity (Wildman–Crippen MR) is 115 cm³/mol. The topological polar surface area (TPSA) is 41.6 Å². The highest BCUT2D eigenvalue weighted by atomic mass is 16.5. The smallest absolute Gasteiger partial charge is 0.257 e. The minimum Gasteiger partial charge on any atom is -0.360 e. The summed E-state index contributed by atoms with van der Waals surface area (Å²) >= 11 is 0. The van der Waals surface area contributed by atoms with E-state index in [4.69, 9.17) is 4.74 Å². The van der Waals surface area contributed by atoms with Gasteiger partial charge in [-0.3, -0.25) is 9.69 Å². The Balaban J connectivity index is 1.40. The predicted octanol–water partition coefficient (Wildman–Crippen LogP) is 4.11. The molecule has 2 aromatic rings. The molecule has 2 aromatic carbocycles. The Morgan fingerprint density at radius 2 is 1.62 bits per heavy atom. The summed E-state index contributed by atoms with van der Waals surface area (Å²) in [7, 11) is 0. The maximum Gasteiger partial charge on any atom is 0.257 e. The zero-order valence-corrected chi connectivity index (χ0v) is 17.3. The van der Waals surface area contributed by atoms with Gasteiger partial charge in [-0.1, -0.05) is 60.7 Å². The van der Waals surface area contributed by atoms with Crippen LogP contribution in [0.2, 0.25) is 0 Å². The third kappa shape index (κ3) is 4.54. The molecule has 1 saturated carbocycles. The van der Waals surface area contributed by atoms with E-state index in [1.54, 1.807) is 0 Å². The molecule has 29 heavy (non-hydrogen) atoms. The van der Waals surface area contributed by atoms with E-state index in [9.17, 15) is 4.79 Å². The zero-order valence-electron chi connectivity index (χ0n) is 17.3. The Morgan fingerprint density at radius 3 is 2.21 bits per heavy atom. The van der Waals surface area contributed by atoms with E-state index in [-0.39, 0.29) is 17.9 Å². The van der Waals surface area contributed by atoms with E-state index >= 15 is 0 Å². The number of benzene rings is 2. The van der Waals surface area contributed by atoms with Crippen LogP contribution in [-0.4, -0.2) is 36.5 Å². The first-order valence-corrected chi connectivity index (χ1v) is 11.0. The standard InChI is InChI=1S/C25H32N2O2/c1-2-29-25(22-13-14-22,21-11-7-4-8-12-21)24(28)26-23-15-17-27(18-16-23)19-20-9-5-3-6-10-20/h3-12,22-23H,2,13-19H2,1H3,(H,26,28). The number of ether oxygens (including phenoxy) is 1. The van der Waals surface area contributed by atoms with Crippen molar-refractivity contribution in [3.63, 3.8) is 0 Å². The Kier molecular flexibility index (Phi) is 6.31. The molecular weight excluding hydrogens is 360 g/mol. The number of rotatable bonds is 8. The molecule has 0 aromatic heterocycles. The summed E-state index contributed by atoms with van der Waals surface area (Å²) in [5.74, 6) is 0.331. The Hall–Kier alpha value is -2.17. The first-order chi connectivity index (χ1) is 14.2. The van der Waals surface area contributed by atoms with Crippen molar-refractivity contribution in [2.75, 3.05) is 19.7 Å². The van der Waals surface area contributed by atoms with Crippen LogP contribution in [0, 0.1) is 5.92 Å². The van der Waals surface area contributed by atoms with Gasteiger partial charge < -0.3 is 10.1 Å². The summed E-state index contributed by atoms with van der Waals surface area (Å²) in [6.07, 6.45) is 4.08. The van der Waals surface area contributed by atoms with Crippen LogP contribution in [0.3, 0.4) is 0 Å². The number of likely N-dealkylation sites (tertiary alicyclic amines) is 1. The Labute approximate surface area is 174 Å². The van der Waals surface area contributed by atoms with Gasteiger partial charge >= 0.3 is 0 Å². The highest BCUT2D eigenvalue weighted by Crippen LogP contribution is 2.48. The molecule has 1 heterocycles. The largest absolute Gasteiger partial charge is 0.360 e. The number of carbonyl (C=O) groups excluding carboxylic acids is 1. The van der Waals surface area contributed by atoms with Crippen LogP contribution in [0.25, 0.3) is 0 Å². The van der Waals surface area contributed by atoms with Gasteiger partial charge in [0.15, 0.2) is 5.60 Å². The Morgan fingerprint density at radius 1 is 1.00 bits per heavy atom.